The number of imidazole rings is 1. The number of furan rings is 1. The molecule has 138 valence electrons. The van der Waals surface area contributed by atoms with Crippen LogP contribution in [0.25, 0.3) is 0 Å². The Morgan fingerprint density at radius 1 is 1.23 bits per heavy atom. The molecule has 2 aliphatic carbocycles. The van der Waals surface area contributed by atoms with Crippen LogP contribution in [0.4, 0.5) is 0 Å². The van der Waals surface area contributed by atoms with E-state index in [2.05, 4.69) is 9.55 Å². The number of hydrogen-bond donors (Lipinski definition) is 0. The molecule has 2 saturated carbocycles. The van der Waals surface area contributed by atoms with E-state index < -0.39 is 0 Å². The minimum Gasteiger partial charge on any atom is -0.472 e. The van der Waals surface area contributed by atoms with Gasteiger partial charge in [-0.3, -0.25) is 4.79 Å². The van der Waals surface area contributed by atoms with Crippen LogP contribution in [0.1, 0.15) is 53.3 Å². The van der Waals surface area contributed by atoms with Crippen LogP contribution >= 0.6 is 0 Å². The molecule has 3 heterocycles. The molecule has 0 radical (unpaired) electrons. The third-order valence-electron chi connectivity index (χ3n) is 5.70. The van der Waals surface area contributed by atoms with Gasteiger partial charge in [-0.2, -0.15) is 0 Å². The zero-order chi connectivity index (χ0) is 17.5. The number of rotatable bonds is 7. The molecule has 0 unspecified atom stereocenters. The molecule has 6 nitrogen and oxygen atoms in total. The van der Waals surface area contributed by atoms with Crippen molar-refractivity contribution in [2.45, 2.75) is 44.7 Å². The molecule has 6 heteroatoms. The Morgan fingerprint density at radius 3 is 2.81 bits per heavy atom. The molecule has 0 bridgehead atoms. The maximum atomic E-state index is 12.8. The Kier molecular flexibility index (Phi) is 4.08. The van der Waals surface area contributed by atoms with E-state index in [0.717, 1.165) is 30.7 Å². The Labute approximate surface area is 153 Å². The number of ether oxygens (including phenoxy) is 1. The summed E-state index contributed by atoms with van der Waals surface area (Å²) < 4.78 is 13.4. The van der Waals surface area contributed by atoms with Gasteiger partial charge in [-0.15, -0.1) is 0 Å². The SMILES string of the molecule is O=C(c1ccoc1)N1Cc2ncn(CC3CC3)c2[C@@H](COCC2CC2)C1. The lowest BCUT2D eigenvalue weighted by Crippen LogP contribution is -2.40. The third kappa shape index (κ3) is 3.30. The third-order valence-corrected chi connectivity index (χ3v) is 5.70. The lowest BCUT2D eigenvalue weighted by Gasteiger charge is -2.33. The molecule has 1 amide bonds. The van der Waals surface area contributed by atoms with Crippen molar-refractivity contribution < 1.29 is 13.9 Å². The summed E-state index contributed by atoms with van der Waals surface area (Å²) in [5.41, 5.74) is 2.90. The van der Waals surface area contributed by atoms with E-state index in [1.165, 1.54) is 37.6 Å². The normalized spacial score (nSPS) is 22.5. The van der Waals surface area contributed by atoms with E-state index in [4.69, 9.17) is 9.15 Å². The number of carbonyl (C=O) groups excluding carboxylic acids is 1. The average Bonchev–Trinajstić information content (AvgIpc) is 3.55. The lowest BCUT2D eigenvalue weighted by atomic mass is 9.98. The van der Waals surface area contributed by atoms with Crippen molar-refractivity contribution >= 4 is 5.91 Å². The van der Waals surface area contributed by atoms with Gasteiger partial charge in [0.25, 0.3) is 5.91 Å². The van der Waals surface area contributed by atoms with Gasteiger partial charge in [0.05, 0.1) is 37.0 Å². The zero-order valence-electron chi connectivity index (χ0n) is 15.0. The second kappa shape index (κ2) is 6.58. The highest BCUT2D eigenvalue weighted by Gasteiger charge is 2.34. The number of carbonyl (C=O) groups is 1. The summed E-state index contributed by atoms with van der Waals surface area (Å²) in [5.74, 6) is 1.74. The summed E-state index contributed by atoms with van der Waals surface area (Å²) in [5, 5.41) is 0. The van der Waals surface area contributed by atoms with Crippen molar-refractivity contribution in [3.63, 3.8) is 0 Å². The van der Waals surface area contributed by atoms with Crippen LogP contribution in [0.2, 0.25) is 0 Å². The molecule has 0 aromatic carbocycles. The van der Waals surface area contributed by atoms with E-state index in [9.17, 15) is 4.79 Å². The predicted octanol–water partition coefficient (Wildman–Crippen LogP) is 3.05. The van der Waals surface area contributed by atoms with Gasteiger partial charge in [-0.05, 0) is 43.6 Å². The largest absolute Gasteiger partial charge is 0.472 e. The van der Waals surface area contributed by atoms with Gasteiger partial charge in [0, 0.05) is 31.3 Å². The standard InChI is InChI=1S/C20H25N3O3/c24-20(16-5-6-25-11-16)22-8-17(12-26-10-15-3-4-15)19-18(9-22)21-13-23(19)7-14-1-2-14/h5-6,11,13-15,17H,1-4,7-10,12H2/t17-/m1/s1. The fraction of sp³-hybridized carbons (Fsp3) is 0.600. The van der Waals surface area contributed by atoms with Gasteiger partial charge < -0.3 is 18.6 Å². The van der Waals surface area contributed by atoms with Gasteiger partial charge in [-0.25, -0.2) is 4.98 Å². The molecule has 3 aliphatic rings. The van der Waals surface area contributed by atoms with Crippen molar-refractivity contribution in [1.82, 2.24) is 14.5 Å². The summed E-state index contributed by atoms with van der Waals surface area (Å²) in [6, 6.07) is 1.72. The van der Waals surface area contributed by atoms with Crippen molar-refractivity contribution in [3.8, 4) is 0 Å². The van der Waals surface area contributed by atoms with Crippen LogP contribution in [0.3, 0.4) is 0 Å². The molecule has 26 heavy (non-hydrogen) atoms. The molecule has 0 saturated heterocycles. The molecule has 1 aliphatic heterocycles. The van der Waals surface area contributed by atoms with Crippen LogP contribution in [0, 0.1) is 11.8 Å². The second-order valence-corrected chi connectivity index (χ2v) is 8.05. The predicted molar refractivity (Wildman–Crippen MR) is 94.7 cm³/mol. The molecular formula is C20H25N3O3. The highest BCUT2D eigenvalue weighted by atomic mass is 16.5. The first-order valence-corrected chi connectivity index (χ1v) is 9.71. The number of amides is 1. The van der Waals surface area contributed by atoms with Crippen molar-refractivity contribution in [3.05, 3.63) is 41.9 Å². The first-order valence-electron chi connectivity index (χ1n) is 9.71. The summed E-state index contributed by atoms with van der Waals surface area (Å²) >= 11 is 0. The van der Waals surface area contributed by atoms with E-state index >= 15 is 0 Å². The fourth-order valence-corrected chi connectivity index (χ4v) is 3.86. The van der Waals surface area contributed by atoms with Crippen LogP contribution in [-0.2, 0) is 17.8 Å². The van der Waals surface area contributed by atoms with Crippen molar-refractivity contribution in [2.24, 2.45) is 11.8 Å². The highest BCUT2D eigenvalue weighted by Crippen LogP contribution is 2.35. The van der Waals surface area contributed by atoms with E-state index in [-0.39, 0.29) is 11.8 Å². The maximum Gasteiger partial charge on any atom is 0.257 e. The molecular weight excluding hydrogens is 330 g/mol. The number of hydrogen-bond acceptors (Lipinski definition) is 4. The summed E-state index contributed by atoms with van der Waals surface area (Å²) in [4.78, 5) is 19.3. The minimum absolute atomic E-state index is 0.00772. The highest BCUT2D eigenvalue weighted by molar-refractivity contribution is 5.94. The molecule has 2 aromatic rings. The van der Waals surface area contributed by atoms with E-state index in [1.807, 2.05) is 11.2 Å². The Balaban J connectivity index is 1.36. The van der Waals surface area contributed by atoms with Gasteiger partial charge in [0.1, 0.15) is 6.26 Å². The van der Waals surface area contributed by atoms with Crippen molar-refractivity contribution in [1.29, 1.82) is 0 Å². The summed E-state index contributed by atoms with van der Waals surface area (Å²) in [6.07, 6.45) is 10.2. The molecule has 2 fully saturated rings. The van der Waals surface area contributed by atoms with Crippen LogP contribution in [-0.4, -0.2) is 40.1 Å². The lowest BCUT2D eigenvalue weighted by molar-refractivity contribution is 0.0616. The summed E-state index contributed by atoms with van der Waals surface area (Å²) in [6.45, 7) is 3.80. The van der Waals surface area contributed by atoms with Crippen molar-refractivity contribution in [2.75, 3.05) is 19.8 Å². The number of fused-ring (bicyclic) bond motifs is 1. The Bertz CT molecular complexity index is 774. The monoisotopic (exact) mass is 355 g/mol. The second-order valence-electron chi connectivity index (χ2n) is 8.05. The maximum absolute atomic E-state index is 12.8. The van der Waals surface area contributed by atoms with E-state index in [1.54, 1.807) is 12.3 Å². The first-order chi connectivity index (χ1) is 12.8. The van der Waals surface area contributed by atoms with Gasteiger partial charge in [-0.1, -0.05) is 0 Å². The number of aromatic nitrogens is 2. The molecule has 0 N–H and O–H groups in total. The molecule has 5 rings (SSSR count). The first kappa shape index (κ1) is 16.1. The van der Waals surface area contributed by atoms with Crippen LogP contribution in [0.15, 0.2) is 29.3 Å². The summed E-state index contributed by atoms with van der Waals surface area (Å²) in [7, 11) is 0. The van der Waals surface area contributed by atoms with Gasteiger partial charge in [0.15, 0.2) is 0 Å². The zero-order valence-corrected chi connectivity index (χ0v) is 15.0. The quantitative estimate of drug-likeness (QED) is 0.766. The van der Waals surface area contributed by atoms with Crippen LogP contribution in [0.5, 0.6) is 0 Å². The smallest absolute Gasteiger partial charge is 0.257 e. The Hall–Kier alpha value is -2.08. The molecule has 1 atom stereocenters. The van der Waals surface area contributed by atoms with E-state index in [0.29, 0.717) is 25.3 Å². The topological polar surface area (TPSA) is 60.5 Å². The molecule has 2 aromatic heterocycles. The van der Waals surface area contributed by atoms with Gasteiger partial charge >= 0.3 is 0 Å². The van der Waals surface area contributed by atoms with Gasteiger partial charge in [0.2, 0.25) is 0 Å². The van der Waals surface area contributed by atoms with Crippen LogP contribution < -0.4 is 0 Å². The number of nitrogens with zero attached hydrogens (tertiary/aromatic N) is 3. The minimum atomic E-state index is 0.00772. The average molecular weight is 355 g/mol. The Morgan fingerprint density at radius 2 is 2.08 bits per heavy atom. The molecule has 0 spiro atoms. The fourth-order valence-electron chi connectivity index (χ4n) is 3.86.